The Bertz CT molecular complexity index is 1360. The van der Waals surface area contributed by atoms with E-state index in [9.17, 15) is 18.0 Å². The number of alkyl halides is 3. The van der Waals surface area contributed by atoms with Gasteiger partial charge < -0.3 is 9.84 Å². The van der Waals surface area contributed by atoms with Gasteiger partial charge in [-0.25, -0.2) is 53.0 Å². The smallest absolute Gasteiger partial charge is 0.222 e. The Kier molecular flexibility index (Phi) is 17.7. The first-order chi connectivity index (χ1) is 20.2. The van der Waals surface area contributed by atoms with Gasteiger partial charge in [0, 0.05) is 31.7 Å². The number of hydrogen-bond donors (Lipinski definition) is 1. The van der Waals surface area contributed by atoms with Crippen LogP contribution in [0.5, 0.6) is 0 Å². The molecule has 11 nitrogen and oxygen atoms in total. The Morgan fingerprint density at radius 1 is 0.762 bits per heavy atom. The number of carbonyl (C=O) groups is 1. The highest BCUT2D eigenvalue weighted by Crippen LogP contribution is 2.08. The topological polar surface area (TPSA) is 150 Å². The molecule has 0 saturated carbocycles. The monoisotopic (exact) mass is 626 g/mol. The van der Waals surface area contributed by atoms with E-state index < -0.39 is 20.0 Å². The number of aliphatic hydroxyl groups is 1. The number of ketones is 1. The summed E-state index contributed by atoms with van der Waals surface area (Å²) in [5.74, 6) is 0.537. The number of rotatable bonds is 8. The maximum atomic E-state index is 12.2. The number of ether oxygens (including phenoxy) is 1. The SMILES string of the molecule is C=C(OCC)c1nccc(CF)n1.CC(=O)c1nccc(CF)n1.FCc1ccnc(Cl)n1.OCc1ccnc(Cl)n1. The summed E-state index contributed by atoms with van der Waals surface area (Å²) >= 11 is 10.7. The molecule has 4 heterocycles. The molecule has 0 unspecified atom stereocenters. The lowest BCUT2D eigenvalue weighted by atomic mass is 10.4. The highest BCUT2D eigenvalue weighted by atomic mass is 35.5. The minimum Gasteiger partial charge on any atom is -0.491 e. The lowest BCUT2D eigenvalue weighted by Gasteiger charge is -2.04. The summed E-state index contributed by atoms with van der Waals surface area (Å²) in [6.07, 6.45) is 5.78. The van der Waals surface area contributed by atoms with Crippen molar-refractivity contribution in [3.05, 3.63) is 101 Å². The number of nitrogens with zero attached hydrogens (tertiary/aromatic N) is 8. The highest BCUT2D eigenvalue weighted by molar-refractivity contribution is 6.28. The van der Waals surface area contributed by atoms with Crippen molar-refractivity contribution in [1.82, 2.24) is 39.9 Å². The van der Waals surface area contributed by atoms with Crippen molar-refractivity contribution < 1.29 is 27.8 Å². The van der Waals surface area contributed by atoms with Gasteiger partial charge in [-0.2, -0.15) is 0 Å². The Balaban J connectivity index is 0.000000283. The predicted molar refractivity (Wildman–Crippen MR) is 149 cm³/mol. The first-order valence-corrected chi connectivity index (χ1v) is 12.6. The third-order valence-electron chi connectivity index (χ3n) is 4.25. The molecule has 16 heteroatoms. The summed E-state index contributed by atoms with van der Waals surface area (Å²) in [7, 11) is 0. The van der Waals surface area contributed by atoms with Crippen LogP contribution in [0.2, 0.25) is 10.6 Å². The van der Waals surface area contributed by atoms with Gasteiger partial charge in [0.05, 0.1) is 36.0 Å². The van der Waals surface area contributed by atoms with Crippen LogP contribution < -0.4 is 0 Å². The van der Waals surface area contributed by atoms with E-state index in [0.717, 1.165) is 0 Å². The number of hydrogen-bond acceptors (Lipinski definition) is 11. The van der Waals surface area contributed by atoms with Gasteiger partial charge in [-0.1, -0.05) is 6.58 Å². The van der Waals surface area contributed by atoms with Gasteiger partial charge in [0.1, 0.15) is 20.0 Å². The first kappa shape index (κ1) is 35.9. The fraction of sp³-hybridized carbons (Fsp3) is 0.269. The number of aromatic nitrogens is 8. The van der Waals surface area contributed by atoms with Gasteiger partial charge in [-0.3, -0.25) is 4.79 Å². The average molecular weight is 627 g/mol. The van der Waals surface area contributed by atoms with Gasteiger partial charge in [0.15, 0.2) is 23.2 Å². The van der Waals surface area contributed by atoms with Crippen molar-refractivity contribution in [3.63, 3.8) is 0 Å². The zero-order chi connectivity index (χ0) is 31.3. The van der Waals surface area contributed by atoms with E-state index in [1.165, 1.54) is 49.9 Å². The van der Waals surface area contributed by atoms with E-state index in [4.69, 9.17) is 33.0 Å². The molecule has 0 aromatic carbocycles. The molecular weight excluding hydrogens is 600 g/mol. The average Bonchev–Trinajstić information content (AvgIpc) is 3.02. The van der Waals surface area contributed by atoms with Crippen LogP contribution in [-0.4, -0.2) is 57.4 Å². The van der Waals surface area contributed by atoms with Crippen molar-refractivity contribution in [2.45, 2.75) is 40.5 Å². The molecule has 42 heavy (non-hydrogen) atoms. The molecule has 4 aromatic heterocycles. The summed E-state index contributed by atoms with van der Waals surface area (Å²) in [6, 6.07) is 6.03. The molecule has 4 rings (SSSR count). The second kappa shape index (κ2) is 20.7. The second-order valence-electron chi connectivity index (χ2n) is 7.35. The van der Waals surface area contributed by atoms with Gasteiger partial charge >= 0.3 is 0 Å². The highest BCUT2D eigenvalue weighted by Gasteiger charge is 2.04. The largest absolute Gasteiger partial charge is 0.491 e. The number of aliphatic hydroxyl groups excluding tert-OH is 1. The fourth-order valence-corrected chi connectivity index (χ4v) is 2.71. The van der Waals surface area contributed by atoms with Crippen LogP contribution in [-0.2, 0) is 31.4 Å². The Morgan fingerprint density at radius 2 is 1.17 bits per heavy atom. The molecule has 0 radical (unpaired) electrons. The minimum atomic E-state index is -0.664. The van der Waals surface area contributed by atoms with Crippen molar-refractivity contribution in [2.24, 2.45) is 0 Å². The molecule has 0 spiro atoms. The van der Waals surface area contributed by atoms with Gasteiger partial charge in [-0.05, 0) is 54.4 Å². The normalized spacial score (nSPS) is 9.62. The lowest BCUT2D eigenvalue weighted by molar-refractivity contribution is 0.100. The molecule has 0 aliphatic rings. The van der Waals surface area contributed by atoms with Gasteiger partial charge in [0.25, 0.3) is 0 Å². The van der Waals surface area contributed by atoms with Crippen molar-refractivity contribution in [3.8, 4) is 0 Å². The maximum absolute atomic E-state index is 12.2. The molecule has 1 N–H and O–H groups in total. The van der Waals surface area contributed by atoms with Crippen molar-refractivity contribution in [1.29, 1.82) is 0 Å². The Labute approximate surface area is 250 Å². The van der Waals surface area contributed by atoms with E-state index in [2.05, 4.69) is 46.5 Å². The predicted octanol–water partition coefficient (Wildman–Crippen LogP) is 5.32. The van der Waals surface area contributed by atoms with E-state index in [-0.39, 0.29) is 34.5 Å². The molecule has 0 amide bonds. The number of halogens is 5. The standard InChI is InChI=1S/C9H11FN2O.C7H7FN2O.C5H4ClFN2.C5H5ClN2O/c1-3-13-7(2)9-11-5-4-8(6-10)12-9;1-5(11)7-9-3-2-6(4-8)10-7;6-5-8-2-1-4(3-7)9-5;6-5-7-2-1-4(3-9)8-5/h4-5H,2-3,6H2,1H3;2-3H,4H2,1H3;1-2H,3H2;1-2,9H,3H2. The summed E-state index contributed by atoms with van der Waals surface area (Å²) in [6.45, 7) is 5.35. The van der Waals surface area contributed by atoms with Gasteiger partial charge in [-0.15, -0.1) is 0 Å². The molecular formula is C26H27Cl2F3N8O3. The maximum Gasteiger partial charge on any atom is 0.222 e. The molecule has 0 aliphatic heterocycles. The molecule has 0 fully saturated rings. The van der Waals surface area contributed by atoms with Crippen LogP contribution in [0.3, 0.4) is 0 Å². The minimum absolute atomic E-state index is 0.0696. The quantitative estimate of drug-likeness (QED) is 0.154. The van der Waals surface area contributed by atoms with Crippen LogP contribution in [0.15, 0.2) is 55.6 Å². The zero-order valence-corrected chi connectivity index (χ0v) is 24.1. The molecule has 0 saturated heterocycles. The first-order valence-electron chi connectivity index (χ1n) is 11.9. The number of Topliss-reactive ketones (excluding diaryl/α,β-unsaturated/α-hetero) is 1. The zero-order valence-electron chi connectivity index (χ0n) is 22.6. The molecule has 0 aliphatic carbocycles. The van der Waals surface area contributed by atoms with Crippen molar-refractivity contribution >= 4 is 34.7 Å². The summed E-state index contributed by atoms with van der Waals surface area (Å²) in [5, 5.41) is 8.77. The van der Waals surface area contributed by atoms with Crippen LogP contribution in [0.25, 0.3) is 5.76 Å². The van der Waals surface area contributed by atoms with E-state index in [1.807, 2.05) is 6.92 Å². The fourth-order valence-electron chi connectivity index (χ4n) is 2.39. The summed E-state index contributed by atoms with van der Waals surface area (Å²) in [4.78, 5) is 40.3. The van der Waals surface area contributed by atoms with E-state index in [1.54, 1.807) is 6.07 Å². The lowest BCUT2D eigenvalue weighted by Crippen LogP contribution is -2.02. The molecule has 4 aromatic rings. The van der Waals surface area contributed by atoms with E-state index >= 15 is 0 Å². The number of carbonyl (C=O) groups excluding carboxylic acids is 1. The van der Waals surface area contributed by atoms with Crippen LogP contribution in [0.1, 0.15) is 53.1 Å². The Morgan fingerprint density at radius 3 is 1.55 bits per heavy atom. The van der Waals surface area contributed by atoms with Crippen molar-refractivity contribution in [2.75, 3.05) is 6.61 Å². The third kappa shape index (κ3) is 14.5. The molecule has 224 valence electrons. The molecule has 0 bridgehead atoms. The Hall–Kier alpha value is -4.14. The summed E-state index contributed by atoms with van der Waals surface area (Å²) < 4.78 is 41.0. The summed E-state index contributed by atoms with van der Waals surface area (Å²) in [5.41, 5.74) is 1.43. The third-order valence-corrected chi connectivity index (χ3v) is 4.61. The second-order valence-corrected chi connectivity index (χ2v) is 8.02. The van der Waals surface area contributed by atoms with Crippen LogP contribution in [0.4, 0.5) is 13.2 Å². The van der Waals surface area contributed by atoms with Crippen LogP contribution >= 0.6 is 23.2 Å². The van der Waals surface area contributed by atoms with Crippen LogP contribution in [0, 0.1) is 0 Å². The van der Waals surface area contributed by atoms with Gasteiger partial charge in [0.2, 0.25) is 10.6 Å². The molecule has 0 atom stereocenters. The van der Waals surface area contributed by atoms with E-state index in [0.29, 0.717) is 35.3 Å².